The molecule has 0 atom stereocenters. The molecule has 150 valence electrons. The van der Waals surface area contributed by atoms with Gasteiger partial charge in [0.05, 0.1) is 25.7 Å². The molecule has 2 rings (SSSR count). The quantitative estimate of drug-likeness (QED) is 0.659. The SMILES string of the molecule is COc1ccc(NC(=O)CSCC(=O)Nc2ccccc2C(C)C)cc1OC. The summed E-state index contributed by atoms with van der Waals surface area (Å²) < 4.78 is 10.4. The summed E-state index contributed by atoms with van der Waals surface area (Å²) >= 11 is 1.26. The largest absolute Gasteiger partial charge is 0.493 e. The molecule has 28 heavy (non-hydrogen) atoms. The van der Waals surface area contributed by atoms with Gasteiger partial charge in [0.15, 0.2) is 11.5 Å². The van der Waals surface area contributed by atoms with Crippen LogP contribution in [0.25, 0.3) is 0 Å². The molecule has 0 bridgehead atoms. The lowest BCUT2D eigenvalue weighted by atomic mass is 10.0. The van der Waals surface area contributed by atoms with Crippen molar-refractivity contribution in [3.05, 3.63) is 48.0 Å². The average Bonchev–Trinajstić information content (AvgIpc) is 2.68. The fraction of sp³-hybridized carbons (Fsp3) is 0.333. The van der Waals surface area contributed by atoms with Gasteiger partial charge in [0.1, 0.15) is 0 Å². The van der Waals surface area contributed by atoms with Crippen LogP contribution in [-0.2, 0) is 9.59 Å². The lowest BCUT2D eigenvalue weighted by Crippen LogP contribution is -2.19. The van der Waals surface area contributed by atoms with Crippen LogP contribution in [0.15, 0.2) is 42.5 Å². The number of amides is 2. The van der Waals surface area contributed by atoms with E-state index < -0.39 is 0 Å². The Hall–Kier alpha value is -2.67. The second-order valence-corrected chi connectivity index (χ2v) is 7.39. The average molecular weight is 403 g/mol. The molecule has 0 aromatic heterocycles. The fourth-order valence-electron chi connectivity index (χ4n) is 2.65. The molecule has 0 fully saturated rings. The Morgan fingerprint density at radius 2 is 1.57 bits per heavy atom. The van der Waals surface area contributed by atoms with Crippen molar-refractivity contribution in [3.63, 3.8) is 0 Å². The number of carbonyl (C=O) groups excluding carboxylic acids is 2. The molecule has 2 aromatic rings. The molecule has 0 aliphatic rings. The standard InChI is InChI=1S/C21H26N2O4S/c1-14(2)16-7-5-6-8-17(16)23-21(25)13-28-12-20(24)22-15-9-10-18(26-3)19(11-15)27-4/h5-11,14H,12-13H2,1-4H3,(H,22,24)(H,23,25). The van der Waals surface area contributed by atoms with Crippen LogP contribution in [0.2, 0.25) is 0 Å². The molecule has 0 radical (unpaired) electrons. The van der Waals surface area contributed by atoms with Crippen molar-refractivity contribution in [2.75, 3.05) is 36.4 Å². The van der Waals surface area contributed by atoms with Gasteiger partial charge in [0.2, 0.25) is 11.8 Å². The molecule has 0 spiro atoms. The van der Waals surface area contributed by atoms with E-state index in [0.717, 1.165) is 11.3 Å². The van der Waals surface area contributed by atoms with Crippen molar-refractivity contribution >= 4 is 35.0 Å². The highest BCUT2D eigenvalue weighted by atomic mass is 32.2. The zero-order chi connectivity index (χ0) is 20.5. The van der Waals surface area contributed by atoms with Gasteiger partial charge in [-0.15, -0.1) is 11.8 Å². The van der Waals surface area contributed by atoms with Crippen LogP contribution in [0.5, 0.6) is 11.5 Å². The highest BCUT2D eigenvalue weighted by Crippen LogP contribution is 2.29. The Morgan fingerprint density at radius 3 is 2.21 bits per heavy atom. The number of nitrogens with one attached hydrogen (secondary N) is 2. The van der Waals surface area contributed by atoms with E-state index in [1.165, 1.54) is 18.9 Å². The summed E-state index contributed by atoms with van der Waals surface area (Å²) in [5, 5.41) is 5.71. The summed E-state index contributed by atoms with van der Waals surface area (Å²) in [6.45, 7) is 4.16. The fourth-order valence-corrected chi connectivity index (χ4v) is 3.27. The Kier molecular flexibility index (Phi) is 8.19. The second kappa shape index (κ2) is 10.6. The van der Waals surface area contributed by atoms with Crippen LogP contribution in [-0.4, -0.2) is 37.5 Å². The van der Waals surface area contributed by atoms with E-state index in [0.29, 0.717) is 23.1 Å². The molecule has 6 nitrogen and oxygen atoms in total. The highest BCUT2D eigenvalue weighted by Gasteiger charge is 2.11. The van der Waals surface area contributed by atoms with E-state index in [9.17, 15) is 9.59 Å². The van der Waals surface area contributed by atoms with Crippen molar-refractivity contribution in [1.29, 1.82) is 0 Å². The normalized spacial score (nSPS) is 10.5. The first-order valence-corrected chi connectivity index (χ1v) is 10.1. The van der Waals surface area contributed by atoms with Crippen molar-refractivity contribution in [2.24, 2.45) is 0 Å². The third-order valence-corrected chi connectivity index (χ3v) is 4.92. The van der Waals surface area contributed by atoms with Crippen molar-refractivity contribution in [3.8, 4) is 11.5 Å². The molecular formula is C21H26N2O4S. The first-order chi connectivity index (χ1) is 13.4. The molecule has 0 saturated heterocycles. The minimum Gasteiger partial charge on any atom is -0.493 e. The van der Waals surface area contributed by atoms with E-state index in [-0.39, 0.29) is 23.3 Å². The van der Waals surface area contributed by atoms with Gasteiger partial charge >= 0.3 is 0 Å². The van der Waals surface area contributed by atoms with E-state index >= 15 is 0 Å². The van der Waals surface area contributed by atoms with E-state index in [1.54, 1.807) is 25.3 Å². The predicted octanol–water partition coefficient (Wildman–Crippen LogP) is 4.14. The first kappa shape index (κ1) is 21.6. The zero-order valence-corrected chi connectivity index (χ0v) is 17.4. The van der Waals surface area contributed by atoms with E-state index in [4.69, 9.17) is 9.47 Å². The van der Waals surface area contributed by atoms with Gasteiger partial charge in [0, 0.05) is 17.4 Å². The number of ether oxygens (including phenoxy) is 2. The molecule has 7 heteroatoms. The van der Waals surface area contributed by atoms with Crippen LogP contribution in [0.3, 0.4) is 0 Å². The molecule has 0 aliphatic heterocycles. The molecule has 2 N–H and O–H groups in total. The Morgan fingerprint density at radius 1 is 0.929 bits per heavy atom. The third-order valence-electron chi connectivity index (χ3n) is 3.99. The smallest absolute Gasteiger partial charge is 0.234 e. The van der Waals surface area contributed by atoms with Crippen LogP contribution in [0.1, 0.15) is 25.3 Å². The summed E-state index contributed by atoms with van der Waals surface area (Å²) in [5.74, 6) is 1.50. The summed E-state index contributed by atoms with van der Waals surface area (Å²) in [4.78, 5) is 24.3. The summed E-state index contributed by atoms with van der Waals surface area (Å²) in [6, 6.07) is 12.9. The lowest BCUT2D eigenvalue weighted by Gasteiger charge is -2.13. The van der Waals surface area contributed by atoms with Gasteiger partial charge in [-0.25, -0.2) is 0 Å². The summed E-state index contributed by atoms with van der Waals surface area (Å²) in [7, 11) is 3.09. The number of anilines is 2. The number of thioether (sulfide) groups is 1. The number of methoxy groups -OCH3 is 2. The zero-order valence-electron chi connectivity index (χ0n) is 16.6. The second-order valence-electron chi connectivity index (χ2n) is 6.40. The van der Waals surface area contributed by atoms with Gasteiger partial charge in [-0.1, -0.05) is 32.0 Å². The first-order valence-electron chi connectivity index (χ1n) is 8.93. The van der Waals surface area contributed by atoms with Crippen LogP contribution >= 0.6 is 11.8 Å². The van der Waals surface area contributed by atoms with Gasteiger partial charge < -0.3 is 20.1 Å². The number of carbonyl (C=O) groups is 2. The minimum absolute atomic E-state index is 0.128. The maximum absolute atomic E-state index is 12.2. The molecule has 0 aliphatic carbocycles. The number of hydrogen-bond donors (Lipinski definition) is 2. The Balaban J connectivity index is 1.81. The van der Waals surface area contributed by atoms with Crippen molar-refractivity contribution in [1.82, 2.24) is 0 Å². The van der Waals surface area contributed by atoms with Crippen LogP contribution in [0, 0.1) is 0 Å². The van der Waals surface area contributed by atoms with Crippen LogP contribution < -0.4 is 20.1 Å². The third kappa shape index (κ3) is 6.20. The van der Waals surface area contributed by atoms with Crippen LogP contribution in [0.4, 0.5) is 11.4 Å². The van der Waals surface area contributed by atoms with Gasteiger partial charge in [-0.2, -0.15) is 0 Å². The number of rotatable bonds is 9. The summed E-state index contributed by atoms with van der Waals surface area (Å²) in [6.07, 6.45) is 0. The highest BCUT2D eigenvalue weighted by molar-refractivity contribution is 8.00. The van der Waals surface area contributed by atoms with Gasteiger partial charge in [-0.3, -0.25) is 9.59 Å². The van der Waals surface area contributed by atoms with E-state index in [1.807, 2.05) is 24.3 Å². The lowest BCUT2D eigenvalue weighted by molar-refractivity contribution is -0.114. The summed E-state index contributed by atoms with van der Waals surface area (Å²) in [5.41, 5.74) is 2.52. The molecule has 2 amide bonds. The predicted molar refractivity (Wildman–Crippen MR) is 115 cm³/mol. The van der Waals surface area contributed by atoms with Crippen molar-refractivity contribution < 1.29 is 19.1 Å². The van der Waals surface area contributed by atoms with Gasteiger partial charge in [-0.05, 0) is 29.7 Å². The number of hydrogen-bond acceptors (Lipinski definition) is 5. The maximum atomic E-state index is 12.2. The molecule has 0 heterocycles. The molecule has 0 saturated carbocycles. The Bertz CT molecular complexity index is 824. The van der Waals surface area contributed by atoms with Crippen molar-refractivity contribution in [2.45, 2.75) is 19.8 Å². The minimum atomic E-state index is -0.187. The molecular weight excluding hydrogens is 376 g/mol. The maximum Gasteiger partial charge on any atom is 0.234 e. The molecule has 2 aromatic carbocycles. The van der Waals surface area contributed by atoms with Gasteiger partial charge in [0.25, 0.3) is 0 Å². The monoisotopic (exact) mass is 402 g/mol. The van der Waals surface area contributed by atoms with E-state index in [2.05, 4.69) is 24.5 Å². The Labute approximate surface area is 170 Å². The topological polar surface area (TPSA) is 76.7 Å². The molecule has 0 unspecified atom stereocenters. The number of para-hydroxylation sites is 1. The number of benzene rings is 2.